The normalized spacial score (nSPS) is 29.0. The number of halogens is 2. The lowest BCUT2D eigenvalue weighted by Crippen LogP contribution is -2.36. The minimum atomic E-state index is -0.991. The Bertz CT molecular complexity index is 1100. The first-order valence-electron chi connectivity index (χ1n) is 16.1. The average Bonchev–Trinajstić information content (AvgIpc) is 3.00. The highest BCUT2D eigenvalue weighted by molar-refractivity contribution is 5.35. The molecule has 5 atom stereocenters. The van der Waals surface area contributed by atoms with Crippen molar-refractivity contribution in [1.29, 1.82) is 0 Å². The first-order chi connectivity index (χ1) is 19.9. The van der Waals surface area contributed by atoms with Gasteiger partial charge >= 0.3 is 0 Å². The highest BCUT2D eigenvalue weighted by atomic mass is 19.2. The molecule has 0 radical (unpaired) electrons. The Hall–Kier alpha value is -2.18. The summed E-state index contributed by atoms with van der Waals surface area (Å²) in [5, 5.41) is 10.9. The molecule has 6 heteroatoms. The molecule has 0 aromatic heterocycles. The summed E-state index contributed by atoms with van der Waals surface area (Å²) in [4.78, 5) is 0. The Morgan fingerprint density at radius 2 is 1.39 bits per heavy atom. The molecule has 3 aliphatic carbocycles. The summed E-state index contributed by atoms with van der Waals surface area (Å²) in [6.45, 7) is 4.69. The van der Waals surface area contributed by atoms with E-state index in [-0.39, 0.29) is 24.2 Å². The maximum atomic E-state index is 14.4. The predicted octanol–water partition coefficient (Wildman–Crippen LogP) is 9.11. The smallest absolute Gasteiger partial charge is 0.204 e. The lowest BCUT2D eigenvalue weighted by Gasteiger charge is -2.42. The van der Waals surface area contributed by atoms with E-state index in [9.17, 15) is 13.9 Å². The van der Waals surface area contributed by atoms with E-state index < -0.39 is 17.9 Å². The number of hydrogen-bond donors (Lipinski definition) is 1. The monoisotopic (exact) mass is 570 g/mol. The van der Waals surface area contributed by atoms with Crippen LogP contribution in [0.2, 0.25) is 0 Å². The van der Waals surface area contributed by atoms with Crippen LogP contribution < -0.4 is 9.47 Å². The molecule has 2 aromatic carbocycles. The van der Waals surface area contributed by atoms with Gasteiger partial charge in [0.25, 0.3) is 0 Å². The fourth-order valence-corrected chi connectivity index (χ4v) is 7.70. The highest BCUT2D eigenvalue weighted by Crippen LogP contribution is 2.45. The van der Waals surface area contributed by atoms with Gasteiger partial charge in [-0.2, -0.15) is 8.78 Å². The van der Waals surface area contributed by atoms with E-state index in [4.69, 9.17) is 14.2 Å². The molecule has 3 saturated carbocycles. The maximum absolute atomic E-state index is 14.4. The number of hydrogen-bond acceptors (Lipinski definition) is 4. The highest BCUT2D eigenvalue weighted by Gasteiger charge is 2.37. The van der Waals surface area contributed by atoms with Crippen LogP contribution in [0.5, 0.6) is 11.5 Å². The molecule has 3 fully saturated rings. The van der Waals surface area contributed by atoms with Crippen LogP contribution in [0.15, 0.2) is 36.4 Å². The summed E-state index contributed by atoms with van der Waals surface area (Å²) >= 11 is 0. The lowest BCUT2D eigenvalue weighted by atomic mass is 9.67. The minimum Gasteiger partial charge on any atom is -0.491 e. The number of fused-ring (bicyclic) bond motifs is 1. The number of rotatable bonds is 11. The van der Waals surface area contributed by atoms with Gasteiger partial charge in [0.2, 0.25) is 11.6 Å². The summed E-state index contributed by atoms with van der Waals surface area (Å²) in [6.07, 6.45) is 13.1. The van der Waals surface area contributed by atoms with Crippen LogP contribution in [0.25, 0.3) is 0 Å². The largest absolute Gasteiger partial charge is 0.491 e. The zero-order valence-electron chi connectivity index (χ0n) is 24.8. The second-order valence-electron chi connectivity index (χ2n) is 12.7. The van der Waals surface area contributed by atoms with Gasteiger partial charge in [-0.25, -0.2) is 0 Å². The van der Waals surface area contributed by atoms with Crippen molar-refractivity contribution < 1.29 is 28.1 Å². The van der Waals surface area contributed by atoms with Gasteiger partial charge in [0.05, 0.1) is 19.3 Å². The number of ether oxygens (including phenoxy) is 3. The number of benzene rings is 2. The molecule has 3 aliphatic rings. The Morgan fingerprint density at radius 3 is 2.07 bits per heavy atom. The van der Waals surface area contributed by atoms with Crippen LogP contribution in [-0.2, 0) is 4.74 Å². The zero-order valence-corrected chi connectivity index (χ0v) is 24.8. The van der Waals surface area contributed by atoms with Gasteiger partial charge in [-0.05, 0) is 118 Å². The van der Waals surface area contributed by atoms with Crippen molar-refractivity contribution in [2.45, 2.75) is 109 Å². The quantitative estimate of drug-likeness (QED) is 0.274. The summed E-state index contributed by atoms with van der Waals surface area (Å²) in [6, 6.07) is 11.4. The summed E-state index contributed by atoms with van der Waals surface area (Å²) in [5.41, 5.74) is 2.24. The molecule has 1 N–H and O–H groups in total. The molecular formula is C35H48F2O4. The zero-order chi connectivity index (χ0) is 28.8. The van der Waals surface area contributed by atoms with Crippen LogP contribution in [0, 0.1) is 35.3 Å². The first kappa shape index (κ1) is 30.3. The molecule has 5 rings (SSSR count). The van der Waals surface area contributed by atoms with Crippen LogP contribution in [0.3, 0.4) is 0 Å². The van der Waals surface area contributed by atoms with E-state index >= 15 is 0 Å². The van der Waals surface area contributed by atoms with Crippen molar-refractivity contribution in [2.75, 3.05) is 13.2 Å². The van der Waals surface area contributed by atoms with Crippen molar-refractivity contribution in [1.82, 2.24) is 0 Å². The fraction of sp³-hybridized carbons (Fsp3) is 0.657. The molecule has 0 saturated heterocycles. The third-order valence-electron chi connectivity index (χ3n) is 10.0. The number of aliphatic hydroxyl groups is 1. The fourth-order valence-electron chi connectivity index (χ4n) is 7.70. The predicted molar refractivity (Wildman–Crippen MR) is 157 cm³/mol. The summed E-state index contributed by atoms with van der Waals surface area (Å²) in [7, 11) is 0. The van der Waals surface area contributed by atoms with Crippen LogP contribution in [0.4, 0.5) is 8.78 Å². The van der Waals surface area contributed by atoms with Crippen molar-refractivity contribution in [2.24, 2.45) is 23.7 Å². The topological polar surface area (TPSA) is 47.9 Å². The van der Waals surface area contributed by atoms with E-state index in [0.29, 0.717) is 30.3 Å². The molecule has 0 spiro atoms. The molecular weight excluding hydrogens is 522 g/mol. The van der Waals surface area contributed by atoms with E-state index in [1.54, 1.807) is 6.92 Å². The van der Waals surface area contributed by atoms with Gasteiger partial charge in [-0.1, -0.05) is 44.0 Å². The Morgan fingerprint density at radius 1 is 0.756 bits per heavy atom. The molecule has 0 aliphatic heterocycles. The Labute approximate surface area is 244 Å². The molecule has 0 heterocycles. The van der Waals surface area contributed by atoms with Crippen LogP contribution in [0.1, 0.15) is 114 Å². The van der Waals surface area contributed by atoms with Gasteiger partial charge in [-0.3, -0.25) is 0 Å². The molecule has 0 amide bonds. The van der Waals surface area contributed by atoms with E-state index in [2.05, 4.69) is 19.1 Å². The van der Waals surface area contributed by atoms with Gasteiger partial charge in [-0.15, -0.1) is 0 Å². The van der Waals surface area contributed by atoms with Crippen molar-refractivity contribution in [3.05, 3.63) is 59.2 Å². The minimum absolute atomic E-state index is 0.0495. The van der Waals surface area contributed by atoms with Crippen molar-refractivity contribution in [3.63, 3.8) is 0 Å². The van der Waals surface area contributed by atoms with E-state index in [1.807, 2.05) is 12.1 Å². The SMILES string of the molecule is CCCC1CCC(c2ccc(C(O)OC3CCC4CC(COc5ccc(OCC)c(F)c5F)CCC4C3)cc2)CC1. The maximum Gasteiger partial charge on any atom is 0.204 e. The van der Waals surface area contributed by atoms with Gasteiger partial charge < -0.3 is 19.3 Å². The van der Waals surface area contributed by atoms with Crippen molar-refractivity contribution in [3.8, 4) is 11.5 Å². The first-order valence-corrected chi connectivity index (χ1v) is 16.1. The second-order valence-corrected chi connectivity index (χ2v) is 12.7. The summed E-state index contributed by atoms with van der Waals surface area (Å²) in [5.74, 6) is 0.930. The Balaban J connectivity index is 1.06. The van der Waals surface area contributed by atoms with Crippen LogP contribution in [-0.4, -0.2) is 24.4 Å². The average molecular weight is 571 g/mol. The van der Waals surface area contributed by atoms with E-state index in [0.717, 1.165) is 50.0 Å². The summed E-state index contributed by atoms with van der Waals surface area (Å²) < 4.78 is 45.6. The van der Waals surface area contributed by atoms with Crippen LogP contribution >= 0.6 is 0 Å². The van der Waals surface area contributed by atoms with Gasteiger partial charge in [0.1, 0.15) is 0 Å². The molecule has 226 valence electrons. The lowest BCUT2D eigenvalue weighted by molar-refractivity contribution is -0.158. The molecule has 41 heavy (non-hydrogen) atoms. The second kappa shape index (κ2) is 14.3. The van der Waals surface area contributed by atoms with E-state index in [1.165, 1.54) is 56.2 Å². The standard InChI is InChI=1S/C35H48F2O4/c1-3-5-23-6-9-25(10-7-23)26-12-14-27(15-13-26)35(38)41-30-17-16-28-20-24(8-11-29(28)21-30)22-40-32-19-18-31(39-4-2)33(36)34(32)37/h12-15,18-19,23-25,28-30,35,38H,3-11,16-17,20-22H2,1-2H3. The molecule has 0 bridgehead atoms. The molecule has 5 unspecified atom stereocenters. The van der Waals surface area contributed by atoms with Gasteiger partial charge in [0.15, 0.2) is 17.8 Å². The Kier molecular flexibility index (Phi) is 10.6. The van der Waals surface area contributed by atoms with Crippen molar-refractivity contribution >= 4 is 0 Å². The van der Waals surface area contributed by atoms with Gasteiger partial charge in [0, 0.05) is 5.56 Å². The third-order valence-corrected chi connectivity index (χ3v) is 10.0. The number of aliphatic hydroxyl groups excluding tert-OH is 1. The third kappa shape index (κ3) is 7.62. The molecule has 4 nitrogen and oxygen atoms in total. The molecule has 2 aromatic rings.